The van der Waals surface area contributed by atoms with Gasteiger partial charge in [-0.2, -0.15) is 0 Å². The number of imide groups is 1. The van der Waals surface area contributed by atoms with Gasteiger partial charge in [0.2, 0.25) is 0 Å². The quantitative estimate of drug-likeness (QED) is 0.633. The number of aromatic nitrogens is 1. The van der Waals surface area contributed by atoms with Gasteiger partial charge in [-0.05, 0) is 54.1 Å². The van der Waals surface area contributed by atoms with E-state index in [0.717, 1.165) is 10.5 Å². The summed E-state index contributed by atoms with van der Waals surface area (Å²) in [6, 6.07) is 12.7. The first-order valence-corrected chi connectivity index (χ1v) is 9.40. The normalized spacial score (nSPS) is 12.7. The Balaban J connectivity index is 1.58. The fraction of sp³-hybridized carbons (Fsp3) is 0.0909. The van der Waals surface area contributed by atoms with Gasteiger partial charge in [-0.15, -0.1) is 0 Å². The second-order valence-corrected chi connectivity index (χ2v) is 7.05. The Kier molecular flexibility index (Phi) is 5.20. The van der Waals surface area contributed by atoms with Crippen LogP contribution in [0.4, 0.5) is 5.69 Å². The van der Waals surface area contributed by atoms with Gasteiger partial charge in [0.1, 0.15) is 5.75 Å². The molecule has 4 rings (SSSR count). The van der Waals surface area contributed by atoms with Crippen molar-refractivity contribution >= 4 is 35.0 Å². The average Bonchev–Trinajstić information content (AvgIpc) is 2.99. The maximum absolute atomic E-state index is 12.8. The van der Waals surface area contributed by atoms with Crippen LogP contribution in [-0.2, 0) is 6.54 Å². The van der Waals surface area contributed by atoms with Gasteiger partial charge in [0, 0.05) is 23.0 Å². The number of pyridine rings is 1. The summed E-state index contributed by atoms with van der Waals surface area (Å²) >= 11 is 6.00. The van der Waals surface area contributed by atoms with Crippen LogP contribution in [0.25, 0.3) is 0 Å². The van der Waals surface area contributed by atoms with Crippen LogP contribution < -0.4 is 10.1 Å². The van der Waals surface area contributed by atoms with Crippen LogP contribution in [0.1, 0.15) is 36.6 Å². The van der Waals surface area contributed by atoms with E-state index in [2.05, 4.69) is 10.3 Å². The summed E-state index contributed by atoms with van der Waals surface area (Å²) < 4.78 is 5.23. The maximum atomic E-state index is 12.8. The molecule has 0 atom stereocenters. The number of hydrogen-bond donors (Lipinski definition) is 1. The Morgan fingerprint density at radius 3 is 2.50 bits per heavy atom. The zero-order valence-corrected chi connectivity index (χ0v) is 16.6. The fourth-order valence-corrected chi connectivity index (χ4v) is 3.39. The van der Waals surface area contributed by atoms with Crippen molar-refractivity contribution in [3.05, 3.63) is 88.2 Å². The van der Waals surface area contributed by atoms with Crippen molar-refractivity contribution in [2.75, 3.05) is 12.4 Å². The highest BCUT2D eigenvalue weighted by Crippen LogP contribution is 2.29. The summed E-state index contributed by atoms with van der Waals surface area (Å²) in [7, 11) is 1.48. The van der Waals surface area contributed by atoms with Crippen molar-refractivity contribution in [2.45, 2.75) is 6.54 Å². The number of halogens is 1. The van der Waals surface area contributed by atoms with E-state index in [4.69, 9.17) is 16.3 Å². The standard InChI is InChI=1S/C22H16ClN3O4/c1-30-19-5-3-15(23)11-18(19)25-20(27)14-2-4-16-17(10-14)22(29)26(21(16)28)12-13-6-8-24-9-7-13/h2-11H,12H2,1H3,(H,25,27). The van der Waals surface area contributed by atoms with Gasteiger partial charge in [-0.3, -0.25) is 24.3 Å². The number of carbonyl (C=O) groups is 3. The van der Waals surface area contributed by atoms with Crippen molar-refractivity contribution in [1.82, 2.24) is 9.88 Å². The van der Waals surface area contributed by atoms with Crippen LogP contribution in [0.3, 0.4) is 0 Å². The highest BCUT2D eigenvalue weighted by molar-refractivity contribution is 6.31. The lowest BCUT2D eigenvalue weighted by Gasteiger charge is -2.13. The number of amides is 3. The molecule has 8 heteroatoms. The van der Waals surface area contributed by atoms with E-state index in [1.54, 1.807) is 42.7 Å². The fourth-order valence-electron chi connectivity index (χ4n) is 3.22. The van der Waals surface area contributed by atoms with Gasteiger partial charge in [0.25, 0.3) is 17.7 Å². The minimum atomic E-state index is -0.453. The Morgan fingerprint density at radius 1 is 1.03 bits per heavy atom. The number of nitrogens with zero attached hydrogens (tertiary/aromatic N) is 2. The molecule has 0 spiro atoms. The molecule has 1 N–H and O–H groups in total. The second-order valence-electron chi connectivity index (χ2n) is 6.61. The molecule has 0 saturated heterocycles. The highest BCUT2D eigenvalue weighted by atomic mass is 35.5. The highest BCUT2D eigenvalue weighted by Gasteiger charge is 2.36. The lowest BCUT2D eigenvalue weighted by molar-refractivity contribution is 0.0642. The molecule has 7 nitrogen and oxygen atoms in total. The molecule has 0 unspecified atom stereocenters. The molecule has 0 aliphatic carbocycles. The van der Waals surface area contributed by atoms with E-state index in [-0.39, 0.29) is 23.2 Å². The average molecular weight is 422 g/mol. The van der Waals surface area contributed by atoms with Crippen LogP contribution in [0.5, 0.6) is 5.75 Å². The largest absolute Gasteiger partial charge is 0.495 e. The van der Waals surface area contributed by atoms with Crippen LogP contribution in [0, 0.1) is 0 Å². The number of anilines is 1. The summed E-state index contributed by atoms with van der Waals surface area (Å²) in [5, 5.41) is 3.16. The van der Waals surface area contributed by atoms with Crippen molar-refractivity contribution in [1.29, 1.82) is 0 Å². The smallest absolute Gasteiger partial charge is 0.261 e. The predicted octanol–water partition coefficient (Wildman–Crippen LogP) is 3.79. The lowest BCUT2D eigenvalue weighted by atomic mass is 10.1. The lowest BCUT2D eigenvalue weighted by Crippen LogP contribution is -2.29. The Hall–Kier alpha value is -3.71. The zero-order chi connectivity index (χ0) is 21.3. The molecule has 0 radical (unpaired) electrons. The Morgan fingerprint density at radius 2 is 1.77 bits per heavy atom. The van der Waals surface area contributed by atoms with E-state index >= 15 is 0 Å². The van der Waals surface area contributed by atoms with Crippen molar-refractivity contribution < 1.29 is 19.1 Å². The summed E-state index contributed by atoms with van der Waals surface area (Å²) in [4.78, 5) is 43.3. The van der Waals surface area contributed by atoms with E-state index in [1.807, 2.05) is 0 Å². The van der Waals surface area contributed by atoms with Crippen LogP contribution in [0.15, 0.2) is 60.9 Å². The number of carbonyl (C=O) groups excluding carboxylic acids is 3. The van der Waals surface area contributed by atoms with E-state index in [1.165, 1.54) is 25.3 Å². The molecule has 3 amide bonds. The second kappa shape index (κ2) is 7.96. The summed E-state index contributed by atoms with van der Waals surface area (Å²) in [6.45, 7) is 0.135. The first-order chi connectivity index (χ1) is 14.5. The minimum absolute atomic E-state index is 0.135. The minimum Gasteiger partial charge on any atom is -0.495 e. The summed E-state index contributed by atoms with van der Waals surface area (Å²) in [5.41, 5.74) is 1.89. The molecule has 0 fully saturated rings. The van der Waals surface area contributed by atoms with Crippen LogP contribution in [-0.4, -0.2) is 34.7 Å². The molecule has 1 aromatic heterocycles. The Labute approximate surface area is 177 Å². The van der Waals surface area contributed by atoms with Crippen molar-refractivity contribution in [3.63, 3.8) is 0 Å². The van der Waals surface area contributed by atoms with Gasteiger partial charge in [0.05, 0.1) is 30.5 Å². The van der Waals surface area contributed by atoms with E-state index in [9.17, 15) is 14.4 Å². The summed E-state index contributed by atoms with van der Waals surface area (Å²) in [5.74, 6) is -0.841. The third kappa shape index (κ3) is 3.62. The molecular formula is C22H16ClN3O4. The third-order valence-corrected chi connectivity index (χ3v) is 4.97. The van der Waals surface area contributed by atoms with E-state index in [0.29, 0.717) is 16.5 Å². The first kappa shape index (κ1) is 19.6. The molecule has 0 bridgehead atoms. The molecule has 0 saturated carbocycles. The van der Waals surface area contributed by atoms with Crippen LogP contribution >= 0.6 is 11.6 Å². The number of benzene rings is 2. The number of methoxy groups -OCH3 is 1. The first-order valence-electron chi connectivity index (χ1n) is 9.02. The van der Waals surface area contributed by atoms with Gasteiger partial charge in [-0.1, -0.05) is 11.6 Å². The van der Waals surface area contributed by atoms with Crippen molar-refractivity contribution in [3.8, 4) is 5.75 Å². The van der Waals surface area contributed by atoms with Gasteiger partial charge < -0.3 is 10.1 Å². The molecule has 3 aromatic rings. The molecular weight excluding hydrogens is 406 g/mol. The molecule has 150 valence electrons. The number of hydrogen-bond acceptors (Lipinski definition) is 5. The molecule has 30 heavy (non-hydrogen) atoms. The molecule has 1 aliphatic rings. The van der Waals surface area contributed by atoms with E-state index < -0.39 is 17.7 Å². The Bertz CT molecular complexity index is 1160. The zero-order valence-electron chi connectivity index (χ0n) is 15.9. The molecule has 2 aromatic carbocycles. The topological polar surface area (TPSA) is 88.6 Å². The predicted molar refractivity (Wildman–Crippen MR) is 111 cm³/mol. The maximum Gasteiger partial charge on any atom is 0.261 e. The van der Waals surface area contributed by atoms with Gasteiger partial charge in [0.15, 0.2) is 0 Å². The number of fused-ring (bicyclic) bond motifs is 1. The number of ether oxygens (including phenoxy) is 1. The molecule has 2 heterocycles. The third-order valence-electron chi connectivity index (χ3n) is 4.73. The summed E-state index contributed by atoms with van der Waals surface area (Å²) in [6.07, 6.45) is 3.19. The van der Waals surface area contributed by atoms with Crippen molar-refractivity contribution in [2.24, 2.45) is 0 Å². The SMILES string of the molecule is COc1ccc(Cl)cc1NC(=O)c1ccc2c(c1)C(=O)N(Cc1ccncc1)C2=O. The molecule has 1 aliphatic heterocycles. The van der Waals surface area contributed by atoms with Crippen LogP contribution in [0.2, 0.25) is 5.02 Å². The number of rotatable bonds is 5. The van der Waals surface area contributed by atoms with Gasteiger partial charge >= 0.3 is 0 Å². The number of nitrogens with one attached hydrogen (secondary N) is 1. The van der Waals surface area contributed by atoms with Gasteiger partial charge in [-0.25, -0.2) is 0 Å². The monoisotopic (exact) mass is 421 g/mol.